The Kier molecular flexibility index (Phi) is 5.69. The lowest BCUT2D eigenvalue weighted by molar-refractivity contribution is -0.161. The molecule has 0 aromatic carbocycles. The minimum atomic E-state index is -0.707. The first-order chi connectivity index (χ1) is 14.4. The molecule has 4 heteroatoms. The summed E-state index contributed by atoms with van der Waals surface area (Å²) in [7, 11) is 1.68. The number of hydrogen-bond donors (Lipinski definition) is 0. The molecule has 4 nitrogen and oxygen atoms in total. The van der Waals surface area contributed by atoms with E-state index in [4.69, 9.17) is 13.9 Å². The van der Waals surface area contributed by atoms with E-state index in [2.05, 4.69) is 32.9 Å². The maximum Gasteiger partial charge on any atom is 0.338 e. The van der Waals surface area contributed by atoms with Gasteiger partial charge in [0.2, 0.25) is 0 Å². The number of carbonyl (C=O) groups excluding carboxylic acids is 1. The van der Waals surface area contributed by atoms with Gasteiger partial charge < -0.3 is 13.9 Å². The molecule has 1 saturated carbocycles. The summed E-state index contributed by atoms with van der Waals surface area (Å²) in [4.78, 5) is 12.7. The van der Waals surface area contributed by atoms with Crippen molar-refractivity contribution in [3.05, 3.63) is 58.8 Å². The second kappa shape index (κ2) is 8.13. The van der Waals surface area contributed by atoms with Gasteiger partial charge in [-0.05, 0) is 76.3 Å². The third-order valence-electron chi connectivity index (χ3n) is 7.55. The van der Waals surface area contributed by atoms with Crippen LogP contribution in [0.4, 0.5) is 0 Å². The highest BCUT2D eigenvalue weighted by molar-refractivity contribution is 5.92. The zero-order chi connectivity index (χ0) is 21.5. The van der Waals surface area contributed by atoms with Crippen molar-refractivity contribution >= 4 is 5.97 Å². The second-order valence-electron chi connectivity index (χ2n) is 9.46. The minimum Gasteiger partial charge on any atom is -0.496 e. The first-order valence-corrected chi connectivity index (χ1v) is 11.2. The summed E-state index contributed by atoms with van der Waals surface area (Å²) >= 11 is 0. The molecule has 4 rings (SSSR count). The largest absolute Gasteiger partial charge is 0.496 e. The van der Waals surface area contributed by atoms with E-state index in [1.165, 1.54) is 16.7 Å². The van der Waals surface area contributed by atoms with Crippen molar-refractivity contribution in [3.63, 3.8) is 0 Å². The molecule has 0 radical (unpaired) electrons. The van der Waals surface area contributed by atoms with Crippen LogP contribution >= 0.6 is 0 Å². The molecule has 1 aromatic heterocycles. The highest BCUT2D eigenvalue weighted by atomic mass is 16.6. The molecule has 1 aliphatic heterocycles. The van der Waals surface area contributed by atoms with E-state index in [0.29, 0.717) is 17.4 Å². The van der Waals surface area contributed by atoms with Gasteiger partial charge in [0.15, 0.2) is 11.4 Å². The first kappa shape index (κ1) is 21.0. The Labute approximate surface area is 180 Å². The van der Waals surface area contributed by atoms with Crippen LogP contribution in [0.1, 0.15) is 58.9 Å². The van der Waals surface area contributed by atoms with Crippen LogP contribution in [0.15, 0.2) is 57.6 Å². The average Bonchev–Trinajstić information content (AvgIpc) is 3.41. The number of methoxy groups -OCH3 is 1. The van der Waals surface area contributed by atoms with Crippen molar-refractivity contribution in [3.8, 4) is 0 Å². The topological polar surface area (TPSA) is 48.7 Å². The zero-order valence-electron chi connectivity index (χ0n) is 18.9. The van der Waals surface area contributed by atoms with Gasteiger partial charge in [0.05, 0.1) is 25.2 Å². The van der Waals surface area contributed by atoms with Crippen LogP contribution in [0.3, 0.4) is 0 Å². The quantitative estimate of drug-likeness (QED) is 0.426. The molecular weight excluding hydrogens is 376 g/mol. The van der Waals surface area contributed by atoms with E-state index < -0.39 is 5.60 Å². The monoisotopic (exact) mass is 410 g/mol. The number of fused-ring (bicyclic) bond motifs is 2. The molecular formula is C26H34O4. The summed E-state index contributed by atoms with van der Waals surface area (Å²) in [6, 6.07) is 2.03. The molecule has 0 N–H and O–H groups in total. The van der Waals surface area contributed by atoms with Gasteiger partial charge in [-0.25, -0.2) is 4.79 Å². The van der Waals surface area contributed by atoms with Gasteiger partial charge >= 0.3 is 5.97 Å². The Balaban J connectivity index is 1.67. The SMILES string of the molecule is COC1=C(C)C(=O)O[C@@]12[C@@H]1[C@@H](C)CC[C@H]1C(C)=C[C@H]2/C=C(\C)CCCc1ccoc1. The summed E-state index contributed by atoms with van der Waals surface area (Å²) in [5.41, 5.74) is 3.91. The molecule has 3 aliphatic rings. The molecule has 162 valence electrons. The van der Waals surface area contributed by atoms with E-state index in [9.17, 15) is 4.79 Å². The third kappa shape index (κ3) is 3.34. The van der Waals surface area contributed by atoms with Gasteiger partial charge in [-0.3, -0.25) is 0 Å². The molecule has 30 heavy (non-hydrogen) atoms. The summed E-state index contributed by atoms with van der Waals surface area (Å²) < 4.78 is 17.3. The van der Waals surface area contributed by atoms with Crippen LogP contribution in [0.2, 0.25) is 0 Å². The number of ether oxygens (including phenoxy) is 2. The summed E-state index contributed by atoms with van der Waals surface area (Å²) in [6.07, 6.45) is 13.6. The van der Waals surface area contributed by atoms with Crippen LogP contribution in [0.25, 0.3) is 0 Å². The summed E-state index contributed by atoms with van der Waals surface area (Å²) in [5.74, 6) is 1.72. The number of allylic oxidation sites excluding steroid dienone is 2. The molecule has 0 amide bonds. The van der Waals surface area contributed by atoms with Crippen LogP contribution < -0.4 is 0 Å². The minimum absolute atomic E-state index is 0.00424. The van der Waals surface area contributed by atoms with Crippen molar-refractivity contribution in [2.75, 3.05) is 7.11 Å². The lowest BCUT2D eigenvalue weighted by Crippen LogP contribution is -2.52. The van der Waals surface area contributed by atoms with Gasteiger partial charge in [0.25, 0.3) is 0 Å². The number of carbonyl (C=O) groups is 1. The van der Waals surface area contributed by atoms with Gasteiger partial charge in [-0.2, -0.15) is 0 Å². The number of aryl methyl sites for hydroxylation is 1. The molecule has 0 unspecified atom stereocenters. The number of hydrogen-bond acceptors (Lipinski definition) is 4. The van der Waals surface area contributed by atoms with E-state index in [1.807, 2.05) is 19.3 Å². The molecule has 5 atom stereocenters. The first-order valence-electron chi connectivity index (χ1n) is 11.2. The van der Waals surface area contributed by atoms with E-state index in [-0.39, 0.29) is 17.8 Å². The van der Waals surface area contributed by atoms with Crippen molar-refractivity contribution in [1.82, 2.24) is 0 Å². The Bertz CT molecular complexity index is 888. The Morgan fingerprint density at radius 1 is 1.33 bits per heavy atom. The Morgan fingerprint density at radius 2 is 2.13 bits per heavy atom. The molecule has 1 aromatic rings. The van der Waals surface area contributed by atoms with E-state index >= 15 is 0 Å². The highest BCUT2D eigenvalue weighted by Crippen LogP contribution is 2.59. The van der Waals surface area contributed by atoms with Crippen LogP contribution in [-0.4, -0.2) is 18.7 Å². The molecule has 0 bridgehead atoms. The summed E-state index contributed by atoms with van der Waals surface area (Å²) in [6.45, 7) is 8.58. The number of rotatable bonds is 6. The molecule has 2 aliphatic carbocycles. The highest BCUT2D eigenvalue weighted by Gasteiger charge is 2.63. The van der Waals surface area contributed by atoms with Gasteiger partial charge in [0, 0.05) is 11.8 Å². The average molecular weight is 411 g/mol. The van der Waals surface area contributed by atoms with Gasteiger partial charge in [-0.15, -0.1) is 0 Å². The smallest absolute Gasteiger partial charge is 0.338 e. The second-order valence-corrected chi connectivity index (χ2v) is 9.46. The molecule has 1 spiro atoms. The fourth-order valence-electron chi connectivity index (χ4n) is 6.16. The fourth-order valence-corrected chi connectivity index (χ4v) is 6.16. The van der Waals surface area contributed by atoms with Crippen LogP contribution in [0, 0.1) is 23.7 Å². The lowest BCUT2D eigenvalue weighted by atomic mass is 9.62. The van der Waals surface area contributed by atoms with Crippen LogP contribution in [0.5, 0.6) is 0 Å². The van der Waals surface area contributed by atoms with Crippen molar-refractivity contribution in [2.24, 2.45) is 23.7 Å². The van der Waals surface area contributed by atoms with Crippen LogP contribution in [-0.2, 0) is 20.7 Å². The Hall–Kier alpha value is -2.23. The zero-order valence-corrected chi connectivity index (χ0v) is 18.9. The third-order valence-corrected chi connectivity index (χ3v) is 7.55. The normalized spacial score (nSPS) is 33.7. The van der Waals surface area contributed by atoms with E-state index in [1.54, 1.807) is 13.4 Å². The van der Waals surface area contributed by atoms with E-state index in [0.717, 1.165) is 37.9 Å². The molecule has 1 fully saturated rings. The van der Waals surface area contributed by atoms with Gasteiger partial charge in [0.1, 0.15) is 0 Å². The molecule has 0 saturated heterocycles. The van der Waals surface area contributed by atoms with Crippen molar-refractivity contribution in [2.45, 2.75) is 65.4 Å². The predicted molar refractivity (Wildman–Crippen MR) is 117 cm³/mol. The predicted octanol–water partition coefficient (Wildman–Crippen LogP) is 6.00. The standard InChI is InChI=1S/C26H34O4/c1-16(7-6-8-20-11-12-29-15-20)13-21-14-18(3)22-10-9-17(2)23(22)26(21)24(28-5)19(4)25(27)30-26/h11-15,17,21-23H,6-10H2,1-5H3/b16-13+/t17-,21+,22-,23+,26-/m0/s1. The van der Waals surface area contributed by atoms with Gasteiger partial charge in [-0.1, -0.05) is 30.2 Å². The maximum absolute atomic E-state index is 12.7. The Morgan fingerprint density at radius 3 is 2.83 bits per heavy atom. The maximum atomic E-state index is 12.7. The number of esters is 1. The summed E-state index contributed by atoms with van der Waals surface area (Å²) in [5, 5.41) is 0. The molecule has 2 heterocycles. The van der Waals surface area contributed by atoms with Crippen molar-refractivity contribution < 1.29 is 18.7 Å². The van der Waals surface area contributed by atoms with Crippen molar-refractivity contribution in [1.29, 1.82) is 0 Å². The number of furan rings is 1. The fraction of sp³-hybridized carbons (Fsp3) is 0.577. The lowest BCUT2D eigenvalue weighted by Gasteiger charge is -2.47.